The van der Waals surface area contributed by atoms with Crippen molar-refractivity contribution in [2.75, 3.05) is 5.32 Å². The van der Waals surface area contributed by atoms with Crippen LogP contribution < -0.4 is 5.32 Å². The van der Waals surface area contributed by atoms with Gasteiger partial charge in [0.05, 0.1) is 10.0 Å². The molecule has 1 N–H and O–H groups in total. The van der Waals surface area contributed by atoms with Gasteiger partial charge in [-0.05, 0) is 34.0 Å². The fourth-order valence-corrected chi connectivity index (χ4v) is 4.38. The Kier molecular flexibility index (Phi) is 6.34. The maximum absolute atomic E-state index is 12.7. The first-order valence-corrected chi connectivity index (χ1v) is 10.9. The monoisotopic (exact) mass is 463 g/mol. The van der Waals surface area contributed by atoms with E-state index in [1.54, 1.807) is 18.3 Å². The molecular weight excluding hydrogens is 449 g/mol. The van der Waals surface area contributed by atoms with Crippen LogP contribution in [0.25, 0.3) is 16.8 Å². The van der Waals surface area contributed by atoms with E-state index in [2.05, 4.69) is 10.3 Å². The van der Waals surface area contributed by atoms with Gasteiger partial charge in [-0.15, -0.1) is 11.3 Å². The van der Waals surface area contributed by atoms with Crippen LogP contribution in [0.4, 0.5) is 5.13 Å². The Morgan fingerprint density at radius 3 is 2.71 bits per heavy atom. The van der Waals surface area contributed by atoms with E-state index in [1.165, 1.54) is 11.3 Å². The minimum Gasteiger partial charge on any atom is -0.297 e. The lowest BCUT2D eigenvalue weighted by atomic mass is 10.0. The number of nitriles is 1. The second-order valence-corrected chi connectivity index (χ2v) is 8.61. The number of hydrogen-bond donors (Lipinski definition) is 1. The van der Waals surface area contributed by atoms with Gasteiger partial charge in [0.2, 0.25) is 0 Å². The van der Waals surface area contributed by atoms with Crippen LogP contribution in [0.5, 0.6) is 0 Å². The molecule has 0 fully saturated rings. The smallest absolute Gasteiger partial charge is 0.268 e. The van der Waals surface area contributed by atoms with Gasteiger partial charge >= 0.3 is 0 Å². The van der Waals surface area contributed by atoms with E-state index in [-0.39, 0.29) is 5.57 Å². The molecule has 0 saturated heterocycles. The van der Waals surface area contributed by atoms with Gasteiger partial charge in [0, 0.05) is 17.5 Å². The first-order chi connectivity index (χ1) is 15.0. The van der Waals surface area contributed by atoms with Crippen LogP contribution in [0.2, 0.25) is 10.0 Å². The van der Waals surface area contributed by atoms with Crippen molar-refractivity contribution in [2.45, 2.75) is 6.42 Å². The molecule has 0 radical (unpaired) electrons. The molecule has 0 bridgehead atoms. The average molecular weight is 464 g/mol. The molecule has 4 nitrogen and oxygen atoms in total. The standard InChI is InChI=1S/C24H15Cl2N3OS/c25-21-10-4-8-17(22(21)26)12-19-14-28-24(31-19)29-23(30)18(13-27)11-16-7-3-6-15-5-1-2-9-20(15)16/h1-11,14H,12H2,(H,28,29,30). The Balaban J connectivity index is 1.53. The number of halogens is 2. The van der Waals surface area contributed by atoms with E-state index in [9.17, 15) is 10.1 Å². The number of thiazole rings is 1. The van der Waals surface area contributed by atoms with Gasteiger partial charge in [-0.25, -0.2) is 4.98 Å². The molecule has 1 heterocycles. The van der Waals surface area contributed by atoms with Crippen molar-refractivity contribution in [3.63, 3.8) is 0 Å². The molecule has 1 aromatic heterocycles. The first kappa shape index (κ1) is 21.1. The van der Waals surface area contributed by atoms with Gasteiger partial charge < -0.3 is 0 Å². The Hall–Kier alpha value is -3.17. The molecule has 152 valence electrons. The summed E-state index contributed by atoms with van der Waals surface area (Å²) >= 11 is 13.6. The first-order valence-electron chi connectivity index (χ1n) is 9.33. The normalized spacial score (nSPS) is 11.3. The highest BCUT2D eigenvalue weighted by molar-refractivity contribution is 7.15. The molecule has 0 spiro atoms. The number of rotatable bonds is 5. The van der Waals surface area contributed by atoms with E-state index >= 15 is 0 Å². The zero-order chi connectivity index (χ0) is 21.8. The highest BCUT2D eigenvalue weighted by Crippen LogP contribution is 2.29. The largest absolute Gasteiger partial charge is 0.297 e. The predicted octanol–water partition coefficient (Wildman–Crippen LogP) is 6.74. The van der Waals surface area contributed by atoms with Gasteiger partial charge in [0.25, 0.3) is 5.91 Å². The number of benzene rings is 3. The molecule has 31 heavy (non-hydrogen) atoms. The lowest BCUT2D eigenvalue weighted by molar-refractivity contribution is -0.112. The van der Waals surface area contributed by atoms with Crippen molar-refractivity contribution >= 4 is 62.4 Å². The van der Waals surface area contributed by atoms with Crippen LogP contribution in [0.15, 0.2) is 72.4 Å². The molecule has 0 aliphatic carbocycles. The zero-order valence-electron chi connectivity index (χ0n) is 16.1. The summed E-state index contributed by atoms with van der Waals surface area (Å²) < 4.78 is 0. The maximum Gasteiger partial charge on any atom is 0.268 e. The molecule has 0 unspecified atom stereocenters. The van der Waals surface area contributed by atoms with E-state index in [0.717, 1.165) is 26.8 Å². The molecule has 4 rings (SSSR count). The molecule has 4 aromatic rings. The average Bonchev–Trinajstić information content (AvgIpc) is 3.22. The second-order valence-electron chi connectivity index (χ2n) is 6.71. The Morgan fingerprint density at radius 1 is 1.10 bits per heavy atom. The number of hydrogen-bond acceptors (Lipinski definition) is 4. The molecule has 0 saturated carbocycles. The van der Waals surface area contributed by atoms with E-state index < -0.39 is 5.91 Å². The highest BCUT2D eigenvalue weighted by atomic mass is 35.5. The summed E-state index contributed by atoms with van der Waals surface area (Å²) in [7, 11) is 0. The lowest BCUT2D eigenvalue weighted by Gasteiger charge is -2.04. The number of amides is 1. The number of carbonyl (C=O) groups is 1. The van der Waals surface area contributed by atoms with Crippen LogP contribution in [-0.2, 0) is 11.2 Å². The van der Waals surface area contributed by atoms with Crippen molar-refractivity contribution in [3.8, 4) is 6.07 Å². The third-order valence-electron chi connectivity index (χ3n) is 4.66. The van der Waals surface area contributed by atoms with Crippen LogP contribution in [0, 0.1) is 11.3 Å². The summed E-state index contributed by atoms with van der Waals surface area (Å²) in [6, 6.07) is 21.0. The van der Waals surface area contributed by atoms with Crippen molar-refractivity contribution in [1.82, 2.24) is 4.98 Å². The Bertz CT molecular complexity index is 1350. The number of fused-ring (bicyclic) bond motifs is 1. The van der Waals surface area contributed by atoms with Gasteiger partial charge in [-0.2, -0.15) is 5.26 Å². The summed E-state index contributed by atoms with van der Waals surface area (Å²) in [5.41, 5.74) is 1.69. The summed E-state index contributed by atoms with van der Waals surface area (Å²) in [4.78, 5) is 17.8. The SMILES string of the molecule is N#CC(=Cc1cccc2ccccc12)C(=O)Nc1ncc(Cc2cccc(Cl)c2Cl)s1. The fraction of sp³-hybridized carbons (Fsp3) is 0.0417. The van der Waals surface area contributed by atoms with Crippen molar-refractivity contribution < 1.29 is 4.79 Å². The summed E-state index contributed by atoms with van der Waals surface area (Å²) in [6.07, 6.45) is 3.82. The quantitative estimate of drug-likeness (QED) is 0.263. The molecule has 1 amide bonds. The van der Waals surface area contributed by atoms with E-state index in [0.29, 0.717) is 21.6 Å². The maximum atomic E-state index is 12.7. The summed E-state index contributed by atoms with van der Waals surface area (Å²) in [5.74, 6) is -0.503. The van der Waals surface area contributed by atoms with Gasteiger partial charge in [0.15, 0.2) is 5.13 Å². The molecular formula is C24H15Cl2N3OS. The van der Waals surface area contributed by atoms with Gasteiger partial charge in [-0.3, -0.25) is 10.1 Å². The Labute approximate surface area is 193 Å². The van der Waals surface area contributed by atoms with Crippen LogP contribution in [-0.4, -0.2) is 10.9 Å². The second kappa shape index (κ2) is 9.32. The third-order valence-corrected chi connectivity index (χ3v) is 6.43. The number of nitrogens with one attached hydrogen (secondary N) is 1. The number of carbonyl (C=O) groups excluding carboxylic acids is 1. The van der Waals surface area contributed by atoms with Crippen molar-refractivity contribution in [3.05, 3.63) is 98.5 Å². The van der Waals surface area contributed by atoms with Crippen molar-refractivity contribution in [1.29, 1.82) is 5.26 Å². The number of anilines is 1. The molecule has 0 aliphatic heterocycles. The minimum absolute atomic E-state index is 0.00555. The third kappa shape index (κ3) is 4.78. The number of aromatic nitrogens is 1. The molecule has 7 heteroatoms. The predicted molar refractivity (Wildman–Crippen MR) is 128 cm³/mol. The molecule has 0 atom stereocenters. The van der Waals surface area contributed by atoms with Crippen molar-refractivity contribution in [2.24, 2.45) is 0 Å². The van der Waals surface area contributed by atoms with Gasteiger partial charge in [-0.1, -0.05) is 77.8 Å². The van der Waals surface area contributed by atoms with Gasteiger partial charge in [0.1, 0.15) is 11.6 Å². The summed E-state index contributed by atoms with van der Waals surface area (Å²) in [5, 5.41) is 15.7. The van der Waals surface area contributed by atoms with Crippen LogP contribution in [0.3, 0.4) is 0 Å². The fourth-order valence-electron chi connectivity index (χ4n) is 3.16. The zero-order valence-corrected chi connectivity index (χ0v) is 18.4. The molecule has 0 aliphatic rings. The Morgan fingerprint density at radius 2 is 1.87 bits per heavy atom. The summed E-state index contributed by atoms with van der Waals surface area (Å²) in [6.45, 7) is 0. The minimum atomic E-state index is -0.503. The number of nitrogens with zero attached hydrogens (tertiary/aromatic N) is 2. The molecule has 3 aromatic carbocycles. The van der Waals surface area contributed by atoms with Crippen LogP contribution >= 0.6 is 34.5 Å². The topological polar surface area (TPSA) is 65.8 Å². The highest BCUT2D eigenvalue weighted by Gasteiger charge is 2.14. The van der Waals surface area contributed by atoms with E-state index in [1.807, 2.05) is 60.7 Å². The van der Waals surface area contributed by atoms with E-state index in [4.69, 9.17) is 23.2 Å². The lowest BCUT2D eigenvalue weighted by Crippen LogP contribution is -2.13. The van der Waals surface area contributed by atoms with Crippen LogP contribution in [0.1, 0.15) is 16.0 Å².